The van der Waals surface area contributed by atoms with Crippen molar-refractivity contribution in [2.45, 2.75) is 57.0 Å². The van der Waals surface area contributed by atoms with E-state index in [1.165, 1.54) is 12.1 Å². The van der Waals surface area contributed by atoms with Gasteiger partial charge in [0.1, 0.15) is 5.41 Å². The normalized spacial score (nSPS) is 15.6. The first-order valence-electron chi connectivity index (χ1n) is 11.5. The zero-order valence-electron chi connectivity index (χ0n) is 20.3. The lowest BCUT2D eigenvalue weighted by molar-refractivity contribution is -0.137. The van der Waals surface area contributed by atoms with Crippen LogP contribution in [0.4, 0.5) is 13.2 Å². The van der Waals surface area contributed by atoms with Gasteiger partial charge in [-0.3, -0.25) is 0 Å². The highest BCUT2D eigenvalue weighted by atomic mass is 28.4. The van der Waals surface area contributed by atoms with Crippen LogP contribution in [0.5, 0.6) is 0 Å². The van der Waals surface area contributed by atoms with E-state index in [2.05, 4.69) is 6.07 Å². The van der Waals surface area contributed by atoms with Gasteiger partial charge in [0, 0.05) is 0 Å². The predicted octanol–water partition coefficient (Wildman–Crippen LogP) is 7.34. The second-order valence-corrected chi connectivity index (χ2v) is 14.0. The topological polar surface area (TPSA) is 42.2 Å². The molecule has 3 aromatic rings. The number of benzene rings is 3. The Hall–Kier alpha value is -2.92. The summed E-state index contributed by atoms with van der Waals surface area (Å²) in [6.07, 6.45) is -5.77. The van der Waals surface area contributed by atoms with Gasteiger partial charge in [-0.2, -0.15) is 18.4 Å². The molecule has 0 heterocycles. The number of halogens is 3. The number of hydrogen-bond acceptors (Lipinski definition) is 3. The SMILES string of the molecule is C[C@H](OCc1ccccc1)[C@@H](O[Si](C)(C)C)[C@@](C#N)(c1ccccc1)c1ccc(C(F)(F)F)cc1. The van der Waals surface area contributed by atoms with Gasteiger partial charge in [-0.05, 0) is 55.4 Å². The second kappa shape index (κ2) is 10.8. The Kier molecular flexibility index (Phi) is 8.21. The summed E-state index contributed by atoms with van der Waals surface area (Å²) in [6, 6.07) is 26.0. The fourth-order valence-electron chi connectivity index (χ4n) is 4.12. The van der Waals surface area contributed by atoms with Gasteiger partial charge in [0.25, 0.3) is 0 Å². The molecule has 35 heavy (non-hydrogen) atoms. The summed E-state index contributed by atoms with van der Waals surface area (Å²) in [5, 5.41) is 10.7. The van der Waals surface area contributed by atoms with Gasteiger partial charge in [0.2, 0.25) is 0 Å². The molecule has 0 saturated heterocycles. The largest absolute Gasteiger partial charge is 0.416 e. The van der Waals surface area contributed by atoms with E-state index in [9.17, 15) is 18.4 Å². The molecule has 0 radical (unpaired) electrons. The van der Waals surface area contributed by atoms with E-state index in [1.54, 1.807) is 0 Å². The lowest BCUT2D eigenvalue weighted by Gasteiger charge is -2.42. The first kappa shape index (κ1) is 26.7. The van der Waals surface area contributed by atoms with Gasteiger partial charge in [0.05, 0.1) is 30.4 Å². The smallest absolute Gasteiger partial charge is 0.410 e. The summed E-state index contributed by atoms with van der Waals surface area (Å²) in [4.78, 5) is 0. The van der Waals surface area contributed by atoms with Gasteiger partial charge in [0.15, 0.2) is 8.32 Å². The van der Waals surface area contributed by atoms with Gasteiger partial charge < -0.3 is 9.16 Å². The van der Waals surface area contributed by atoms with Crippen molar-refractivity contribution >= 4 is 8.32 Å². The Bertz CT molecular complexity index is 1120. The Morgan fingerprint density at radius 1 is 0.800 bits per heavy atom. The average Bonchev–Trinajstić information content (AvgIpc) is 2.83. The predicted molar refractivity (Wildman–Crippen MR) is 133 cm³/mol. The van der Waals surface area contributed by atoms with Crippen molar-refractivity contribution in [2.75, 3.05) is 0 Å². The molecule has 0 spiro atoms. The summed E-state index contributed by atoms with van der Waals surface area (Å²) in [5.41, 5.74) is -0.111. The summed E-state index contributed by atoms with van der Waals surface area (Å²) >= 11 is 0. The van der Waals surface area contributed by atoms with Crippen LogP contribution in [0.3, 0.4) is 0 Å². The molecule has 184 valence electrons. The second-order valence-electron chi connectivity index (χ2n) is 9.51. The van der Waals surface area contributed by atoms with E-state index in [-0.39, 0.29) is 0 Å². The van der Waals surface area contributed by atoms with Crippen LogP contribution in [-0.2, 0) is 27.4 Å². The molecule has 3 aromatic carbocycles. The van der Waals surface area contributed by atoms with Crippen LogP contribution in [0, 0.1) is 11.3 Å². The van der Waals surface area contributed by atoms with Crippen LogP contribution in [0.1, 0.15) is 29.2 Å². The van der Waals surface area contributed by atoms with Crippen LogP contribution >= 0.6 is 0 Å². The van der Waals surface area contributed by atoms with E-state index >= 15 is 0 Å². The zero-order valence-corrected chi connectivity index (χ0v) is 21.3. The van der Waals surface area contributed by atoms with E-state index in [0.29, 0.717) is 17.7 Å². The quantitative estimate of drug-likeness (QED) is 0.291. The molecule has 7 heteroatoms. The molecule has 3 atom stereocenters. The Morgan fingerprint density at radius 2 is 1.29 bits per heavy atom. The van der Waals surface area contributed by atoms with Crippen LogP contribution < -0.4 is 0 Å². The highest BCUT2D eigenvalue weighted by molar-refractivity contribution is 6.69. The lowest BCUT2D eigenvalue weighted by atomic mass is 9.70. The maximum Gasteiger partial charge on any atom is 0.416 e. The van der Waals surface area contributed by atoms with Crippen LogP contribution in [0.2, 0.25) is 19.6 Å². The first-order chi connectivity index (χ1) is 16.5. The van der Waals surface area contributed by atoms with Crippen molar-refractivity contribution in [1.82, 2.24) is 0 Å². The molecule has 0 aromatic heterocycles. The molecule has 3 rings (SSSR count). The Morgan fingerprint density at radius 3 is 1.77 bits per heavy atom. The van der Waals surface area contributed by atoms with Gasteiger partial charge in [-0.25, -0.2) is 0 Å². The maximum atomic E-state index is 13.3. The summed E-state index contributed by atoms with van der Waals surface area (Å²) in [7, 11) is -2.24. The number of hydrogen-bond donors (Lipinski definition) is 0. The lowest BCUT2D eigenvalue weighted by Crippen LogP contribution is -2.52. The minimum Gasteiger partial charge on any atom is -0.410 e. The molecule has 0 fully saturated rings. The fraction of sp³-hybridized carbons (Fsp3) is 0.321. The number of nitrogens with zero attached hydrogens (tertiary/aromatic N) is 1. The van der Waals surface area contributed by atoms with Crippen molar-refractivity contribution < 1.29 is 22.3 Å². The fourth-order valence-corrected chi connectivity index (χ4v) is 5.25. The Labute approximate surface area is 206 Å². The average molecular weight is 498 g/mol. The monoisotopic (exact) mass is 497 g/mol. The van der Waals surface area contributed by atoms with E-state index in [4.69, 9.17) is 9.16 Å². The van der Waals surface area contributed by atoms with Crippen molar-refractivity contribution in [3.8, 4) is 6.07 Å². The molecule has 0 aliphatic rings. The molecule has 0 aliphatic carbocycles. The van der Waals surface area contributed by atoms with Crippen LogP contribution in [0.15, 0.2) is 84.9 Å². The highest BCUT2D eigenvalue weighted by Crippen LogP contribution is 2.41. The molecule has 0 aliphatic heterocycles. The van der Waals surface area contributed by atoms with E-state index in [1.807, 2.05) is 87.2 Å². The third kappa shape index (κ3) is 6.40. The number of ether oxygens (including phenoxy) is 1. The molecule has 0 bridgehead atoms. The Balaban J connectivity index is 2.13. The van der Waals surface area contributed by atoms with Crippen LogP contribution in [-0.4, -0.2) is 20.5 Å². The molecule has 0 amide bonds. The summed E-state index contributed by atoms with van der Waals surface area (Å²) < 4.78 is 52.7. The van der Waals surface area contributed by atoms with Crippen molar-refractivity contribution in [2.24, 2.45) is 0 Å². The summed E-state index contributed by atoms with van der Waals surface area (Å²) in [5.74, 6) is 0. The third-order valence-corrected chi connectivity index (χ3v) is 6.72. The number of rotatable bonds is 9. The molecule has 0 N–H and O–H groups in total. The molecular formula is C28H30F3NO2Si. The molecular weight excluding hydrogens is 467 g/mol. The molecule has 0 saturated carbocycles. The van der Waals surface area contributed by atoms with E-state index < -0.39 is 37.7 Å². The molecule has 3 nitrogen and oxygen atoms in total. The van der Waals surface area contributed by atoms with E-state index in [0.717, 1.165) is 17.7 Å². The number of alkyl halides is 3. The van der Waals surface area contributed by atoms with Gasteiger partial charge in [-0.1, -0.05) is 72.8 Å². The molecule has 0 unspecified atom stereocenters. The highest BCUT2D eigenvalue weighted by Gasteiger charge is 2.48. The van der Waals surface area contributed by atoms with Gasteiger partial charge >= 0.3 is 6.18 Å². The van der Waals surface area contributed by atoms with Crippen LogP contribution in [0.25, 0.3) is 0 Å². The van der Waals surface area contributed by atoms with Crippen molar-refractivity contribution in [1.29, 1.82) is 5.26 Å². The first-order valence-corrected chi connectivity index (χ1v) is 14.9. The standard InChI is InChI=1S/C28H30F3NO2Si/c1-21(33-19-22-11-7-5-8-12-22)26(34-35(2,3)4)27(20-32,23-13-9-6-10-14-23)24-15-17-25(18-16-24)28(29,30)31/h5-18,21,26H,19H2,1-4H3/t21-,26+,27-/m0/s1. The maximum absolute atomic E-state index is 13.3. The third-order valence-electron chi connectivity index (χ3n) is 5.76. The van der Waals surface area contributed by atoms with Crippen molar-refractivity contribution in [3.63, 3.8) is 0 Å². The minimum absolute atomic E-state index is 0.316. The van der Waals surface area contributed by atoms with Gasteiger partial charge in [-0.15, -0.1) is 0 Å². The minimum atomic E-state index is -4.47. The zero-order chi connectivity index (χ0) is 25.7. The summed E-state index contributed by atoms with van der Waals surface area (Å²) in [6.45, 7) is 8.22. The van der Waals surface area contributed by atoms with Crippen molar-refractivity contribution in [3.05, 3.63) is 107 Å². The number of nitriles is 1.